The number of methoxy groups -OCH3 is 1. The van der Waals surface area contributed by atoms with Crippen LogP contribution in [0.3, 0.4) is 0 Å². The molecule has 128 valence electrons. The predicted molar refractivity (Wildman–Crippen MR) is 95.5 cm³/mol. The fraction of sp³-hybridized carbons (Fsp3) is 0.294. The van der Waals surface area contributed by atoms with E-state index < -0.39 is 4.92 Å². The summed E-state index contributed by atoms with van der Waals surface area (Å²) in [6.45, 7) is 3.96. The van der Waals surface area contributed by atoms with Crippen molar-refractivity contribution in [2.45, 2.75) is 20.1 Å². The van der Waals surface area contributed by atoms with Gasteiger partial charge in [-0.25, -0.2) is 0 Å². The average molecular weight is 395 g/mol. The van der Waals surface area contributed by atoms with Crippen molar-refractivity contribution in [3.8, 4) is 11.5 Å². The van der Waals surface area contributed by atoms with Crippen LogP contribution in [0.2, 0.25) is 0 Å². The number of nitro benzene ring substituents is 1. The van der Waals surface area contributed by atoms with Crippen molar-refractivity contribution in [2.75, 3.05) is 13.7 Å². The van der Waals surface area contributed by atoms with Crippen molar-refractivity contribution in [3.63, 3.8) is 0 Å². The lowest BCUT2D eigenvalue weighted by Crippen LogP contribution is -2.12. The lowest BCUT2D eigenvalue weighted by atomic mass is 10.2. The molecule has 0 aliphatic heterocycles. The Labute approximate surface area is 149 Å². The third-order valence-corrected chi connectivity index (χ3v) is 4.18. The van der Waals surface area contributed by atoms with E-state index in [1.54, 1.807) is 19.2 Å². The Hall–Kier alpha value is -2.12. The van der Waals surface area contributed by atoms with Gasteiger partial charge in [-0.2, -0.15) is 0 Å². The highest BCUT2D eigenvalue weighted by molar-refractivity contribution is 9.10. The molecule has 0 aliphatic carbocycles. The number of nitro groups is 1. The molecular formula is C17H19BrN2O4. The van der Waals surface area contributed by atoms with Crippen LogP contribution in [0.5, 0.6) is 11.5 Å². The second-order valence-electron chi connectivity index (χ2n) is 5.09. The van der Waals surface area contributed by atoms with Gasteiger partial charge in [0, 0.05) is 23.2 Å². The van der Waals surface area contributed by atoms with Crippen molar-refractivity contribution in [3.05, 3.63) is 62.1 Å². The first-order valence-corrected chi connectivity index (χ1v) is 8.27. The Morgan fingerprint density at radius 2 is 1.92 bits per heavy atom. The minimum absolute atomic E-state index is 0.0619. The molecule has 0 aliphatic rings. The minimum Gasteiger partial charge on any atom is -0.493 e. The summed E-state index contributed by atoms with van der Waals surface area (Å²) in [6.07, 6.45) is 0. The largest absolute Gasteiger partial charge is 0.493 e. The zero-order chi connectivity index (χ0) is 17.5. The molecule has 0 radical (unpaired) electrons. The van der Waals surface area contributed by atoms with Crippen molar-refractivity contribution >= 4 is 21.6 Å². The quantitative estimate of drug-likeness (QED) is 0.539. The zero-order valence-electron chi connectivity index (χ0n) is 13.5. The van der Waals surface area contributed by atoms with E-state index in [-0.39, 0.29) is 5.69 Å². The van der Waals surface area contributed by atoms with Gasteiger partial charge in [0.1, 0.15) is 6.61 Å². The summed E-state index contributed by atoms with van der Waals surface area (Å²) in [5.74, 6) is 1.26. The molecule has 0 heterocycles. The summed E-state index contributed by atoms with van der Waals surface area (Å²) < 4.78 is 12.1. The first kappa shape index (κ1) is 18.2. The Kier molecular flexibility index (Phi) is 6.57. The minimum atomic E-state index is -0.423. The highest BCUT2D eigenvalue weighted by Crippen LogP contribution is 2.34. The average Bonchev–Trinajstić information content (AvgIpc) is 2.59. The summed E-state index contributed by atoms with van der Waals surface area (Å²) in [5, 5.41) is 13.9. The first-order valence-electron chi connectivity index (χ1n) is 7.48. The fourth-order valence-corrected chi connectivity index (χ4v) is 2.58. The van der Waals surface area contributed by atoms with Crippen molar-refractivity contribution in [1.29, 1.82) is 0 Å². The van der Waals surface area contributed by atoms with Crippen molar-refractivity contribution in [1.82, 2.24) is 5.32 Å². The van der Waals surface area contributed by atoms with E-state index >= 15 is 0 Å². The molecule has 0 amide bonds. The van der Waals surface area contributed by atoms with Crippen LogP contribution in [0.25, 0.3) is 0 Å². The van der Waals surface area contributed by atoms with Gasteiger partial charge in [0.05, 0.1) is 12.0 Å². The molecule has 2 aromatic carbocycles. The maximum Gasteiger partial charge on any atom is 0.269 e. The number of non-ortho nitro benzene ring substituents is 1. The van der Waals surface area contributed by atoms with Crippen LogP contribution >= 0.6 is 15.9 Å². The van der Waals surface area contributed by atoms with Crippen molar-refractivity contribution < 1.29 is 14.4 Å². The van der Waals surface area contributed by atoms with Crippen LogP contribution in [-0.4, -0.2) is 18.6 Å². The molecule has 0 saturated heterocycles. The summed E-state index contributed by atoms with van der Waals surface area (Å²) in [6, 6.07) is 10.1. The van der Waals surface area contributed by atoms with Crippen LogP contribution in [0, 0.1) is 10.1 Å². The standard InChI is InChI=1S/C17H19BrN2O4/c1-3-19-10-13-8-16(23-2)17(9-15(13)18)24-11-12-4-6-14(7-5-12)20(21)22/h4-9,19H,3,10-11H2,1-2H3. The van der Waals surface area contributed by atoms with E-state index in [9.17, 15) is 10.1 Å². The van der Waals surface area contributed by atoms with E-state index in [4.69, 9.17) is 9.47 Å². The van der Waals surface area contributed by atoms with Gasteiger partial charge >= 0.3 is 0 Å². The van der Waals surface area contributed by atoms with Gasteiger partial charge in [0.15, 0.2) is 11.5 Å². The highest BCUT2D eigenvalue weighted by atomic mass is 79.9. The molecule has 7 heteroatoms. The molecule has 0 aromatic heterocycles. The highest BCUT2D eigenvalue weighted by Gasteiger charge is 2.11. The summed E-state index contributed by atoms with van der Waals surface area (Å²) >= 11 is 3.54. The van der Waals surface area contributed by atoms with E-state index in [2.05, 4.69) is 21.2 Å². The van der Waals surface area contributed by atoms with E-state index in [0.717, 1.165) is 28.7 Å². The van der Waals surface area contributed by atoms with Crippen LogP contribution < -0.4 is 14.8 Å². The molecule has 1 N–H and O–H groups in total. The first-order chi connectivity index (χ1) is 11.5. The summed E-state index contributed by atoms with van der Waals surface area (Å²) in [7, 11) is 1.60. The number of nitrogens with one attached hydrogen (secondary N) is 1. The molecule has 0 fully saturated rings. The number of benzene rings is 2. The molecule has 0 atom stereocenters. The van der Waals surface area contributed by atoms with Gasteiger partial charge < -0.3 is 14.8 Å². The Bertz CT molecular complexity index is 704. The third kappa shape index (κ3) is 4.69. The molecule has 0 unspecified atom stereocenters. The molecule has 2 rings (SSSR count). The van der Waals surface area contributed by atoms with Crippen LogP contribution in [0.1, 0.15) is 18.1 Å². The molecule has 0 saturated carbocycles. The molecule has 2 aromatic rings. The Morgan fingerprint density at radius 3 is 2.50 bits per heavy atom. The van der Waals surface area contributed by atoms with Gasteiger partial charge in [-0.3, -0.25) is 10.1 Å². The molecule has 0 bridgehead atoms. The number of hydrogen-bond donors (Lipinski definition) is 1. The number of ether oxygens (including phenoxy) is 2. The summed E-state index contributed by atoms with van der Waals surface area (Å²) in [5.41, 5.74) is 1.98. The fourth-order valence-electron chi connectivity index (χ4n) is 2.12. The van der Waals surface area contributed by atoms with E-state index in [1.807, 2.05) is 19.1 Å². The maximum atomic E-state index is 10.7. The number of rotatable bonds is 8. The topological polar surface area (TPSA) is 73.6 Å². The normalized spacial score (nSPS) is 10.5. The molecular weight excluding hydrogens is 376 g/mol. The smallest absolute Gasteiger partial charge is 0.269 e. The second kappa shape index (κ2) is 8.65. The number of nitrogens with zero attached hydrogens (tertiary/aromatic N) is 1. The lowest BCUT2D eigenvalue weighted by molar-refractivity contribution is -0.384. The third-order valence-electron chi connectivity index (χ3n) is 3.44. The van der Waals surface area contributed by atoms with Gasteiger partial charge in [-0.05, 0) is 41.9 Å². The Balaban J connectivity index is 2.11. The molecule has 24 heavy (non-hydrogen) atoms. The van der Waals surface area contributed by atoms with Crippen LogP contribution in [0.4, 0.5) is 5.69 Å². The summed E-state index contributed by atoms with van der Waals surface area (Å²) in [4.78, 5) is 10.2. The Morgan fingerprint density at radius 1 is 1.21 bits per heavy atom. The lowest BCUT2D eigenvalue weighted by Gasteiger charge is -2.14. The van der Waals surface area contributed by atoms with Gasteiger partial charge in [-0.1, -0.05) is 22.9 Å². The second-order valence-corrected chi connectivity index (χ2v) is 5.94. The van der Waals surface area contributed by atoms with Crippen LogP contribution in [0.15, 0.2) is 40.9 Å². The molecule has 6 nitrogen and oxygen atoms in total. The van der Waals surface area contributed by atoms with Crippen LogP contribution in [-0.2, 0) is 13.2 Å². The van der Waals surface area contributed by atoms with E-state index in [0.29, 0.717) is 18.1 Å². The SMILES string of the molecule is CCNCc1cc(OC)c(OCc2ccc([N+](=O)[O-])cc2)cc1Br. The molecule has 0 spiro atoms. The monoisotopic (exact) mass is 394 g/mol. The van der Waals surface area contributed by atoms with Gasteiger partial charge in [0.2, 0.25) is 0 Å². The maximum absolute atomic E-state index is 10.7. The zero-order valence-corrected chi connectivity index (χ0v) is 15.1. The van der Waals surface area contributed by atoms with Gasteiger partial charge in [0.25, 0.3) is 5.69 Å². The number of hydrogen-bond acceptors (Lipinski definition) is 5. The van der Waals surface area contributed by atoms with Gasteiger partial charge in [-0.15, -0.1) is 0 Å². The van der Waals surface area contributed by atoms with Crippen molar-refractivity contribution in [2.24, 2.45) is 0 Å². The predicted octanol–water partition coefficient (Wildman–Crippen LogP) is 4.05. The van der Waals surface area contributed by atoms with E-state index in [1.165, 1.54) is 12.1 Å². The number of halogens is 1.